The van der Waals surface area contributed by atoms with E-state index >= 15 is 0 Å². The van der Waals surface area contributed by atoms with E-state index < -0.39 is 0 Å². The summed E-state index contributed by atoms with van der Waals surface area (Å²) in [4.78, 5) is 8.17. The first kappa shape index (κ1) is 48.6. The molecule has 77 heavy (non-hydrogen) atoms. The monoisotopic (exact) mass is 1010 g/mol. The number of benzene rings is 8. The Morgan fingerprint density at radius 1 is 0.442 bits per heavy atom. The minimum Gasteiger partial charge on any atom is -0.330 e. The van der Waals surface area contributed by atoms with Crippen LogP contribution in [0.15, 0.2) is 152 Å². The predicted octanol–water partition coefficient (Wildman–Crippen LogP) is 16.9. The Hall–Kier alpha value is -6.78. The van der Waals surface area contributed by atoms with Crippen LogP contribution < -0.4 is 31.1 Å². The first-order valence-electron chi connectivity index (χ1n) is 28.9. The number of fused-ring (bicyclic) bond motifs is 11. The number of hydrogen-bond donors (Lipinski definition) is 0. The largest absolute Gasteiger partial charge is 0.330 e. The summed E-state index contributed by atoms with van der Waals surface area (Å²) in [6.07, 6.45) is 6.56. The van der Waals surface area contributed by atoms with E-state index in [9.17, 15) is 0 Å². The molecule has 3 heterocycles. The topological polar surface area (TPSA) is 9.72 Å². The predicted molar refractivity (Wildman–Crippen MR) is 328 cm³/mol. The van der Waals surface area contributed by atoms with Crippen molar-refractivity contribution in [1.82, 2.24) is 0 Å². The number of rotatable bonds is 4. The van der Waals surface area contributed by atoms with Crippen molar-refractivity contribution in [3.63, 3.8) is 0 Å². The summed E-state index contributed by atoms with van der Waals surface area (Å²) in [5.74, 6) is 0. The van der Waals surface area contributed by atoms with Gasteiger partial charge in [-0.15, -0.1) is 0 Å². The Bertz CT molecular complexity index is 3810. The van der Waals surface area contributed by atoms with Crippen LogP contribution in [0.3, 0.4) is 0 Å². The lowest BCUT2D eigenvalue weighted by Crippen LogP contribution is -2.61. The molecule has 4 heteroatoms. The van der Waals surface area contributed by atoms with E-state index in [0.29, 0.717) is 0 Å². The smallest absolute Gasteiger partial charge is 0.252 e. The maximum atomic E-state index is 2.78. The van der Waals surface area contributed by atoms with Gasteiger partial charge in [-0.25, -0.2) is 0 Å². The van der Waals surface area contributed by atoms with Gasteiger partial charge in [0.1, 0.15) is 0 Å². The standard InChI is InChI=1S/C73H76BN3/c1-45-33-65-67-66(34-45)76(61-29-24-52(68(2,3)4)38-56(61)46-19-15-14-16-20-46)64-40-55(77-62-30-25-53(69(5,6)7)39-58(62)72(12)32-31-47-21-17-18-22-57(47)73(72,77)13)27-28-59(64)74(67)60-36-50-43-71(10,11)44-51(50)37-63(60)75(65)54-26-23-48-41-70(8,9)42-49(48)35-54/h14-30,33-40H,31-32,41-44H2,1-13H3. The van der Waals surface area contributed by atoms with E-state index in [1.165, 1.54) is 129 Å². The highest BCUT2D eigenvalue weighted by atomic mass is 15.3. The van der Waals surface area contributed by atoms with Crippen molar-refractivity contribution in [2.75, 3.05) is 14.7 Å². The van der Waals surface area contributed by atoms with Gasteiger partial charge in [-0.1, -0.05) is 167 Å². The molecule has 3 nitrogen and oxygen atoms in total. The number of aryl methyl sites for hydroxylation is 2. The third-order valence-corrected chi connectivity index (χ3v) is 19.7. The van der Waals surface area contributed by atoms with E-state index in [1.54, 1.807) is 0 Å². The Balaban J connectivity index is 1.07. The minimum absolute atomic E-state index is 0.0139. The molecule has 0 radical (unpaired) electrons. The van der Waals surface area contributed by atoms with Crippen LogP contribution in [0.1, 0.15) is 145 Å². The fourth-order valence-corrected chi connectivity index (χ4v) is 15.8. The van der Waals surface area contributed by atoms with Gasteiger partial charge in [0.2, 0.25) is 0 Å². The van der Waals surface area contributed by atoms with Crippen LogP contribution in [0, 0.1) is 17.8 Å². The summed E-state index contributed by atoms with van der Waals surface area (Å²) in [6, 6.07) is 60.8. The number of anilines is 8. The zero-order chi connectivity index (χ0) is 53.5. The van der Waals surface area contributed by atoms with Crippen LogP contribution in [0.5, 0.6) is 0 Å². The van der Waals surface area contributed by atoms with Gasteiger partial charge in [0, 0.05) is 50.8 Å². The molecule has 8 aromatic carbocycles. The Labute approximate surface area is 460 Å². The molecule has 2 unspecified atom stereocenters. The van der Waals surface area contributed by atoms with Crippen LogP contribution in [0.4, 0.5) is 45.5 Å². The average molecular weight is 1010 g/mol. The maximum absolute atomic E-state index is 2.78. The molecule has 3 aliphatic heterocycles. The number of nitrogens with zero attached hydrogens (tertiary/aromatic N) is 3. The van der Waals surface area contributed by atoms with Gasteiger partial charge in [0.25, 0.3) is 6.71 Å². The van der Waals surface area contributed by atoms with Crippen LogP contribution in [0.25, 0.3) is 11.1 Å². The molecule has 0 saturated heterocycles. The molecule has 2 atom stereocenters. The molecule has 14 rings (SSSR count). The van der Waals surface area contributed by atoms with Gasteiger partial charge in [0.15, 0.2) is 0 Å². The van der Waals surface area contributed by atoms with E-state index in [0.717, 1.165) is 38.5 Å². The lowest BCUT2D eigenvalue weighted by molar-refractivity contribution is 0.245. The van der Waals surface area contributed by atoms with Crippen molar-refractivity contribution in [2.24, 2.45) is 10.8 Å². The van der Waals surface area contributed by atoms with Crippen molar-refractivity contribution in [3.05, 3.63) is 207 Å². The second-order valence-corrected chi connectivity index (χ2v) is 28.5. The molecule has 8 aromatic rings. The molecule has 0 bridgehead atoms. The summed E-state index contributed by atoms with van der Waals surface area (Å²) in [6.45, 7) is 31.4. The summed E-state index contributed by atoms with van der Waals surface area (Å²) >= 11 is 0. The molecule has 0 N–H and O–H groups in total. The molecule has 386 valence electrons. The van der Waals surface area contributed by atoms with Gasteiger partial charge in [-0.2, -0.15) is 0 Å². The quantitative estimate of drug-likeness (QED) is 0.163. The lowest BCUT2D eigenvalue weighted by atomic mass is 9.33. The Morgan fingerprint density at radius 3 is 1.75 bits per heavy atom. The highest BCUT2D eigenvalue weighted by molar-refractivity contribution is 7.00. The maximum Gasteiger partial charge on any atom is 0.252 e. The van der Waals surface area contributed by atoms with Crippen molar-refractivity contribution < 1.29 is 0 Å². The number of hydrogen-bond acceptors (Lipinski definition) is 3. The summed E-state index contributed by atoms with van der Waals surface area (Å²) < 4.78 is 0. The second-order valence-electron chi connectivity index (χ2n) is 28.5. The summed E-state index contributed by atoms with van der Waals surface area (Å²) in [5, 5.41) is 0. The van der Waals surface area contributed by atoms with E-state index in [4.69, 9.17) is 0 Å². The fraction of sp³-hybridized carbons (Fsp3) is 0.342. The second kappa shape index (κ2) is 16.2. The summed E-state index contributed by atoms with van der Waals surface area (Å²) in [5.41, 5.74) is 31.2. The fourth-order valence-electron chi connectivity index (χ4n) is 15.8. The zero-order valence-corrected chi connectivity index (χ0v) is 48.1. The van der Waals surface area contributed by atoms with E-state index in [1.807, 2.05) is 0 Å². The molecule has 0 spiro atoms. The molecule has 3 aliphatic carbocycles. The molecule has 0 fully saturated rings. The van der Waals surface area contributed by atoms with Gasteiger partial charge < -0.3 is 14.7 Å². The molecule has 0 aromatic heterocycles. The lowest BCUT2D eigenvalue weighted by Gasteiger charge is -2.51. The average Bonchev–Trinajstić information content (AvgIpc) is 3.98. The third-order valence-electron chi connectivity index (χ3n) is 19.7. The normalized spacial score (nSPS) is 20.9. The molecular weight excluding hydrogens is 930 g/mol. The molecule has 0 amide bonds. The third kappa shape index (κ3) is 7.15. The molecule has 6 aliphatic rings. The Morgan fingerprint density at radius 2 is 1.04 bits per heavy atom. The zero-order valence-electron chi connectivity index (χ0n) is 48.1. The van der Waals surface area contributed by atoms with Gasteiger partial charge in [-0.05, 0) is 212 Å². The van der Waals surface area contributed by atoms with Gasteiger partial charge in [0.05, 0.1) is 11.2 Å². The highest BCUT2D eigenvalue weighted by Crippen LogP contribution is 2.64. The van der Waals surface area contributed by atoms with Crippen molar-refractivity contribution in [1.29, 1.82) is 0 Å². The van der Waals surface area contributed by atoms with Crippen LogP contribution in [0.2, 0.25) is 0 Å². The van der Waals surface area contributed by atoms with Gasteiger partial charge in [-0.3, -0.25) is 0 Å². The van der Waals surface area contributed by atoms with Crippen molar-refractivity contribution in [2.45, 2.75) is 150 Å². The first-order chi connectivity index (χ1) is 36.5. The van der Waals surface area contributed by atoms with Crippen LogP contribution in [-0.4, -0.2) is 6.71 Å². The van der Waals surface area contributed by atoms with Crippen molar-refractivity contribution in [3.8, 4) is 11.1 Å². The first-order valence-corrected chi connectivity index (χ1v) is 28.9. The minimum atomic E-state index is -0.351. The van der Waals surface area contributed by atoms with Gasteiger partial charge >= 0.3 is 0 Å². The van der Waals surface area contributed by atoms with Crippen LogP contribution in [-0.2, 0) is 53.9 Å². The molecular formula is C73H76BN3. The summed E-state index contributed by atoms with van der Waals surface area (Å²) in [7, 11) is 0. The van der Waals surface area contributed by atoms with E-state index in [-0.39, 0.29) is 39.3 Å². The van der Waals surface area contributed by atoms with Crippen LogP contribution >= 0.6 is 0 Å². The van der Waals surface area contributed by atoms with Crippen molar-refractivity contribution >= 4 is 68.6 Å². The highest BCUT2D eigenvalue weighted by Gasteiger charge is 2.60. The SMILES string of the molecule is Cc1cc2c3c(c1)N(c1ccc(C(C)(C)C)cc1-c1ccccc1)c1cc(N4c5ccc(C(C)(C)C)cc5C5(C)CCc6ccccc6C45C)ccc1B3c1cc3c(cc1N2c1ccc2c(c1)CC(C)(C)C2)CC(C)(C)C3. The molecule has 0 saturated carbocycles. The Kier molecular flexibility index (Phi) is 10.2. The van der Waals surface area contributed by atoms with E-state index in [2.05, 4.69) is 256 Å².